The normalized spacial score (nSPS) is 15.6. The number of benzene rings is 1. The quantitative estimate of drug-likeness (QED) is 0.756. The average Bonchev–Trinajstić information content (AvgIpc) is 3.17. The van der Waals surface area contributed by atoms with E-state index in [0.29, 0.717) is 28.5 Å². The highest BCUT2D eigenvalue weighted by molar-refractivity contribution is 6.09. The van der Waals surface area contributed by atoms with Crippen LogP contribution >= 0.6 is 0 Å². The number of pyridine rings is 1. The van der Waals surface area contributed by atoms with E-state index in [9.17, 15) is 9.59 Å². The Morgan fingerprint density at radius 2 is 2.15 bits per heavy atom. The third kappa shape index (κ3) is 2.88. The molecular formula is C18H15N5O3. The van der Waals surface area contributed by atoms with Crippen LogP contribution in [0.2, 0.25) is 0 Å². The average molecular weight is 349 g/mol. The van der Waals surface area contributed by atoms with Crippen molar-refractivity contribution in [3.8, 4) is 11.6 Å². The number of para-hydroxylation sites is 1. The molecule has 0 saturated heterocycles. The number of hydrogen-bond acceptors (Lipinski definition) is 5. The zero-order chi connectivity index (χ0) is 18.1. The minimum absolute atomic E-state index is 0.242. The first-order valence-corrected chi connectivity index (χ1v) is 8.00. The molecule has 3 aromatic rings. The van der Waals surface area contributed by atoms with Gasteiger partial charge in [0.25, 0.3) is 11.8 Å². The van der Waals surface area contributed by atoms with E-state index in [1.165, 1.54) is 0 Å². The first-order chi connectivity index (χ1) is 12.6. The van der Waals surface area contributed by atoms with Crippen molar-refractivity contribution in [2.45, 2.75) is 13.0 Å². The molecular weight excluding hydrogens is 334 g/mol. The van der Waals surface area contributed by atoms with Crippen molar-refractivity contribution in [3.63, 3.8) is 0 Å². The fraction of sp³-hybridized carbons (Fsp3) is 0.111. The van der Waals surface area contributed by atoms with Crippen LogP contribution in [-0.2, 0) is 4.79 Å². The predicted molar refractivity (Wildman–Crippen MR) is 94.5 cm³/mol. The summed E-state index contributed by atoms with van der Waals surface area (Å²) < 4.78 is 7.22. The van der Waals surface area contributed by atoms with Crippen LogP contribution in [0.5, 0.6) is 5.75 Å². The van der Waals surface area contributed by atoms with Gasteiger partial charge in [0.05, 0.1) is 23.1 Å². The van der Waals surface area contributed by atoms with Gasteiger partial charge in [-0.2, -0.15) is 5.10 Å². The number of aromatic nitrogens is 3. The van der Waals surface area contributed by atoms with Crippen LogP contribution in [0.25, 0.3) is 5.82 Å². The van der Waals surface area contributed by atoms with Crippen molar-refractivity contribution in [3.05, 3.63) is 60.6 Å². The zero-order valence-electron chi connectivity index (χ0n) is 13.8. The van der Waals surface area contributed by atoms with E-state index in [0.717, 1.165) is 0 Å². The van der Waals surface area contributed by atoms with Crippen LogP contribution in [-0.4, -0.2) is 32.7 Å². The van der Waals surface area contributed by atoms with Crippen molar-refractivity contribution < 1.29 is 14.3 Å². The number of ether oxygens (including phenoxy) is 1. The molecule has 0 bridgehead atoms. The molecule has 0 aliphatic carbocycles. The summed E-state index contributed by atoms with van der Waals surface area (Å²) in [6.07, 6.45) is 4.33. The minimum atomic E-state index is -0.661. The van der Waals surface area contributed by atoms with E-state index < -0.39 is 6.10 Å². The van der Waals surface area contributed by atoms with E-state index in [4.69, 9.17) is 4.74 Å². The molecule has 2 amide bonds. The summed E-state index contributed by atoms with van der Waals surface area (Å²) in [6, 6.07) is 10.3. The summed E-state index contributed by atoms with van der Waals surface area (Å²) in [4.78, 5) is 28.6. The van der Waals surface area contributed by atoms with Gasteiger partial charge in [0, 0.05) is 12.4 Å². The first-order valence-electron chi connectivity index (χ1n) is 8.00. The maximum absolute atomic E-state index is 12.6. The molecule has 0 fully saturated rings. The second-order valence-electron chi connectivity index (χ2n) is 5.74. The Bertz CT molecular complexity index is 967. The molecule has 1 aromatic carbocycles. The van der Waals surface area contributed by atoms with Crippen molar-refractivity contribution in [1.82, 2.24) is 14.8 Å². The summed E-state index contributed by atoms with van der Waals surface area (Å²) in [5, 5.41) is 9.61. The van der Waals surface area contributed by atoms with E-state index >= 15 is 0 Å². The minimum Gasteiger partial charge on any atom is -0.478 e. The maximum atomic E-state index is 12.6. The van der Waals surface area contributed by atoms with Crippen LogP contribution in [0.3, 0.4) is 0 Å². The molecule has 1 atom stereocenters. The molecule has 4 rings (SSSR count). The van der Waals surface area contributed by atoms with Gasteiger partial charge in [0.15, 0.2) is 17.7 Å². The Hall–Kier alpha value is -3.68. The number of carbonyl (C=O) groups is 2. The first kappa shape index (κ1) is 15.8. The largest absolute Gasteiger partial charge is 0.478 e. The third-order valence-corrected chi connectivity index (χ3v) is 3.93. The lowest BCUT2D eigenvalue weighted by atomic mass is 10.1. The van der Waals surface area contributed by atoms with Gasteiger partial charge in [-0.3, -0.25) is 9.59 Å². The van der Waals surface area contributed by atoms with Gasteiger partial charge in [-0.1, -0.05) is 6.07 Å². The topological polar surface area (TPSA) is 98.1 Å². The van der Waals surface area contributed by atoms with Gasteiger partial charge in [0.2, 0.25) is 0 Å². The molecule has 1 aliphatic heterocycles. The van der Waals surface area contributed by atoms with Crippen LogP contribution < -0.4 is 15.4 Å². The molecule has 0 spiro atoms. The molecule has 8 nitrogen and oxygen atoms in total. The number of fused-ring (bicyclic) bond motifs is 1. The number of hydrogen-bond donors (Lipinski definition) is 2. The van der Waals surface area contributed by atoms with Crippen LogP contribution in [0.1, 0.15) is 17.3 Å². The number of nitrogens with one attached hydrogen (secondary N) is 2. The Labute approximate surface area is 148 Å². The summed E-state index contributed by atoms with van der Waals surface area (Å²) in [7, 11) is 0. The Morgan fingerprint density at radius 1 is 1.27 bits per heavy atom. The summed E-state index contributed by atoms with van der Waals surface area (Å²) in [6.45, 7) is 1.63. The Balaban J connectivity index is 1.56. The van der Waals surface area contributed by atoms with Crippen LogP contribution in [0.15, 0.2) is 55.0 Å². The highest BCUT2D eigenvalue weighted by atomic mass is 16.5. The molecule has 3 heterocycles. The SMILES string of the molecule is CC1Oc2c(cccc2C(=O)Nc2ccc(-n3cccn3)nc2)NC1=O. The number of anilines is 2. The summed E-state index contributed by atoms with van der Waals surface area (Å²) in [5.41, 5.74) is 1.36. The molecule has 1 aliphatic rings. The summed E-state index contributed by atoms with van der Waals surface area (Å²) >= 11 is 0. The predicted octanol–water partition coefficient (Wildman–Crippen LogP) is 2.24. The molecule has 0 radical (unpaired) electrons. The molecule has 1 unspecified atom stereocenters. The second kappa shape index (κ2) is 6.32. The molecule has 0 saturated carbocycles. The molecule has 130 valence electrons. The van der Waals surface area contributed by atoms with E-state index in [-0.39, 0.29) is 11.8 Å². The van der Waals surface area contributed by atoms with Crippen molar-refractivity contribution in [2.75, 3.05) is 10.6 Å². The van der Waals surface area contributed by atoms with Gasteiger partial charge >= 0.3 is 0 Å². The van der Waals surface area contributed by atoms with E-state index in [1.54, 1.807) is 66.6 Å². The van der Waals surface area contributed by atoms with Gasteiger partial charge in [-0.25, -0.2) is 9.67 Å². The number of carbonyl (C=O) groups excluding carboxylic acids is 2. The molecule has 26 heavy (non-hydrogen) atoms. The maximum Gasteiger partial charge on any atom is 0.265 e. The third-order valence-electron chi connectivity index (χ3n) is 3.93. The fourth-order valence-electron chi connectivity index (χ4n) is 2.60. The smallest absolute Gasteiger partial charge is 0.265 e. The number of nitrogens with zero attached hydrogens (tertiary/aromatic N) is 3. The van der Waals surface area contributed by atoms with Crippen molar-refractivity contribution >= 4 is 23.2 Å². The Morgan fingerprint density at radius 3 is 2.88 bits per heavy atom. The summed E-state index contributed by atoms with van der Waals surface area (Å²) in [5.74, 6) is 0.412. The number of rotatable bonds is 3. The Kier molecular flexibility index (Phi) is 3.85. The lowest BCUT2D eigenvalue weighted by molar-refractivity contribution is -0.122. The van der Waals surface area contributed by atoms with E-state index in [2.05, 4.69) is 20.7 Å². The molecule has 2 aromatic heterocycles. The second-order valence-corrected chi connectivity index (χ2v) is 5.74. The van der Waals surface area contributed by atoms with Crippen molar-refractivity contribution in [1.29, 1.82) is 0 Å². The van der Waals surface area contributed by atoms with Crippen LogP contribution in [0, 0.1) is 0 Å². The van der Waals surface area contributed by atoms with Gasteiger partial charge < -0.3 is 15.4 Å². The van der Waals surface area contributed by atoms with E-state index in [1.807, 2.05) is 0 Å². The molecule has 8 heteroatoms. The fourth-order valence-corrected chi connectivity index (χ4v) is 2.60. The lowest BCUT2D eigenvalue weighted by Gasteiger charge is -2.25. The highest BCUT2D eigenvalue weighted by Gasteiger charge is 2.27. The van der Waals surface area contributed by atoms with Crippen molar-refractivity contribution in [2.24, 2.45) is 0 Å². The van der Waals surface area contributed by atoms with Gasteiger partial charge in [-0.15, -0.1) is 0 Å². The van der Waals surface area contributed by atoms with Gasteiger partial charge in [-0.05, 0) is 37.3 Å². The highest BCUT2D eigenvalue weighted by Crippen LogP contribution is 2.33. The molecule has 2 N–H and O–H groups in total. The monoisotopic (exact) mass is 349 g/mol. The van der Waals surface area contributed by atoms with Crippen LogP contribution in [0.4, 0.5) is 11.4 Å². The standard InChI is InChI=1S/C18H15N5O3/c1-11-17(24)22-14-5-2-4-13(16(14)26-11)18(25)21-12-6-7-15(19-10-12)23-9-3-8-20-23/h2-11H,1H3,(H,21,25)(H,22,24). The van der Waals surface area contributed by atoms with Gasteiger partial charge in [0.1, 0.15) is 0 Å². The zero-order valence-corrected chi connectivity index (χ0v) is 13.8. The number of amides is 2. The lowest BCUT2D eigenvalue weighted by Crippen LogP contribution is -2.35.